The first kappa shape index (κ1) is 24.5. The van der Waals surface area contributed by atoms with Crippen LogP contribution in [0.3, 0.4) is 0 Å². The van der Waals surface area contributed by atoms with Crippen LogP contribution in [0.5, 0.6) is 0 Å². The molecule has 0 saturated carbocycles. The molecule has 1 aliphatic heterocycles. The number of amides is 1. The van der Waals surface area contributed by atoms with Crippen molar-refractivity contribution in [3.63, 3.8) is 0 Å². The van der Waals surface area contributed by atoms with E-state index in [0.29, 0.717) is 11.2 Å². The number of aliphatic carboxylic acids is 1. The van der Waals surface area contributed by atoms with Crippen molar-refractivity contribution in [3.05, 3.63) is 11.0 Å². The van der Waals surface area contributed by atoms with Gasteiger partial charge in [0.05, 0.1) is 38.5 Å². The van der Waals surface area contributed by atoms with Gasteiger partial charge in [-0.15, -0.1) is 0 Å². The molecule has 0 aliphatic carbocycles. The second kappa shape index (κ2) is 10.7. The quantitative estimate of drug-likeness (QED) is 0.144. The number of anilines is 1. The number of carbonyl (C=O) groups is 2. The number of aliphatic hydroxyl groups is 3. The van der Waals surface area contributed by atoms with E-state index in [-0.39, 0.29) is 23.7 Å². The summed E-state index contributed by atoms with van der Waals surface area (Å²) < 4.78 is 7.15. The molecule has 33 heavy (non-hydrogen) atoms. The Kier molecular flexibility index (Phi) is 7.92. The zero-order chi connectivity index (χ0) is 24.1. The summed E-state index contributed by atoms with van der Waals surface area (Å²) in [5.74, 6) is 3.90. The summed E-state index contributed by atoms with van der Waals surface area (Å²) >= 11 is 5.25. The molecule has 0 bridgehead atoms. The molecule has 0 aromatic carbocycles. The van der Waals surface area contributed by atoms with E-state index >= 15 is 0 Å². The van der Waals surface area contributed by atoms with Crippen LogP contribution < -0.4 is 16.4 Å². The average Bonchev–Trinajstić information content (AvgIpc) is 3.31. The zero-order valence-corrected chi connectivity index (χ0v) is 17.9. The van der Waals surface area contributed by atoms with Crippen molar-refractivity contribution in [2.24, 2.45) is 5.73 Å². The van der Waals surface area contributed by atoms with Gasteiger partial charge in [0.15, 0.2) is 10.9 Å². The van der Waals surface area contributed by atoms with Crippen LogP contribution in [0.4, 0.5) is 5.95 Å². The Bertz CT molecular complexity index is 1140. The molecule has 1 saturated heterocycles. The number of aromatic nitrogens is 4. The van der Waals surface area contributed by atoms with Gasteiger partial charge in [-0.05, 0) is 0 Å². The molecule has 1 fully saturated rings. The molecule has 9 N–H and O–H groups in total. The first-order valence-electron chi connectivity index (χ1n) is 9.77. The Balaban J connectivity index is 1.63. The molecule has 1 aliphatic rings. The summed E-state index contributed by atoms with van der Waals surface area (Å²) in [4.78, 5) is 33.5. The van der Waals surface area contributed by atoms with Crippen LogP contribution >= 0.6 is 12.2 Å². The van der Waals surface area contributed by atoms with Crippen LogP contribution in [0.25, 0.3) is 11.2 Å². The van der Waals surface area contributed by atoms with Gasteiger partial charge in [-0.3, -0.25) is 14.2 Å². The van der Waals surface area contributed by atoms with E-state index in [1.165, 1.54) is 10.9 Å². The molecule has 0 spiro atoms. The highest BCUT2D eigenvalue weighted by Gasteiger charge is 2.43. The Morgan fingerprint density at radius 1 is 1.33 bits per heavy atom. The Labute approximate surface area is 191 Å². The third kappa shape index (κ3) is 5.63. The van der Waals surface area contributed by atoms with E-state index in [0.717, 1.165) is 0 Å². The predicted octanol–water partition coefficient (Wildman–Crippen LogP) is -2.57. The molecular weight excluding hydrogens is 458 g/mol. The maximum Gasteiger partial charge on any atom is 0.305 e. The second-order valence-electron chi connectivity index (χ2n) is 7.10. The standard InChI is InChI=1S/C18H23N7O7S/c19-8(5-10(27)28)15(31)20-3-1-2-4-21-18-23-14-11(16(33)24-18)22-7-25(14)17-13(30)12(29)9(6-26)32-17/h7-9,12-13,17,26,29-30H,3-6,19H2,(H,20,31)(H,27,28)(H2,21,23,24,33)/t8?,9-,12?,13?,17-/m1/s1. The van der Waals surface area contributed by atoms with E-state index in [9.17, 15) is 24.9 Å². The molecule has 3 rings (SSSR count). The number of aromatic amines is 1. The number of ether oxygens (including phenoxy) is 1. The molecule has 178 valence electrons. The van der Waals surface area contributed by atoms with Gasteiger partial charge >= 0.3 is 5.97 Å². The van der Waals surface area contributed by atoms with Crippen molar-refractivity contribution in [1.82, 2.24) is 24.8 Å². The van der Waals surface area contributed by atoms with Crippen molar-refractivity contribution in [2.45, 2.75) is 37.0 Å². The Morgan fingerprint density at radius 3 is 2.73 bits per heavy atom. The number of hydrogen-bond donors (Lipinski definition) is 8. The predicted molar refractivity (Wildman–Crippen MR) is 115 cm³/mol. The summed E-state index contributed by atoms with van der Waals surface area (Å²) in [7, 11) is 0. The number of carboxylic acid groups (broad SMARTS) is 1. The van der Waals surface area contributed by atoms with Gasteiger partial charge in [-0.1, -0.05) is 24.1 Å². The Morgan fingerprint density at radius 2 is 2.06 bits per heavy atom. The van der Waals surface area contributed by atoms with Gasteiger partial charge in [-0.2, -0.15) is 0 Å². The molecule has 5 atom stereocenters. The van der Waals surface area contributed by atoms with E-state index in [4.69, 9.17) is 27.8 Å². The smallest absolute Gasteiger partial charge is 0.305 e. The normalized spacial score (nSPS) is 23.0. The minimum atomic E-state index is -1.30. The van der Waals surface area contributed by atoms with Crippen LogP contribution in [0.1, 0.15) is 12.6 Å². The Hall–Kier alpha value is -3.13. The van der Waals surface area contributed by atoms with Crippen LogP contribution in [-0.4, -0.2) is 95.9 Å². The molecule has 3 heterocycles. The molecule has 3 unspecified atom stereocenters. The number of carboxylic acids is 1. The summed E-state index contributed by atoms with van der Waals surface area (Å²) in [6.07, 6.45) is -3.61. The molecule has 2 aromatic heterocycles. The number of nitrogens with two attached hydrogens (primary N) is 1. The maximum atomic E-state index is 11.6. The summed E-state index contributed by atoms with van der Waals surface area (Å²) in [6.45, 7) is -0.354. The summed E-state index contributed by atoms with van der Waals surface area (Å²) in [5.41, 5.74) is 6.16. The largest absolute Gasteiger partial charge is 0.481 e. The summed E-state index contributed by atoms with van der Waals surface area (Å²) in [6, 6.07) is -1.15. The van der Waals surface area contributed by atoms with Crippen molar-refractivity contribution in [3.8, 4) is 11.8 Å². The van der Waals surface area contributed by atoms with Gasteiger partial charge in [0.25, 0.3) is 0 Å². The highest BCUT2D eigenvalue weighted by molar-refractivity contribution is 7.71. The highest BCUT2D eigenvalue weighted by Crippen LogP contribution is 2.31. The highest BCUT2D eigenvalue weighted by atomic mass is 32.1. The first-order chi connectivity index (χ1) is 15.7. The van der Waals surface area contributed by atoms with Gasteiger partial charge in [0, 0.05) is 0 Å². The number of nitrogens with zero attached hydrogens (tertiary/aromatic N) is 3. The summed E-state index contributed by atoms with van der Waals surface area (Å²) in [5, 5.41) is 43.5. The van der Waals surface area contributed by atoms with Gasteiger partial charge in [-0.25, -0.2) is 9.97 Å². The van der Waals surface area contributed by atoms with Crippen LogP contribution in [0.15, 0.2) is 6.33 Å². The zero-order valence-electron chi connectivity index (χ0n) is 17.1. The number of H-pyrrole nitrogens is 1. The average molecular weight is 481 g/mol. The maximum absolute atomic E-state index is 11.6. The number of nitrogens with one attached hydrogen (secondary N) is 3. The van der Waals surface area contributed by atoms with Crippen molar-refractivity contribution < 1.29 is 34.8 Å². The lowest BCUT2D eigenvalue weighted by molar-refractivity contribution is -0.139. The fourth-order valence-corrected chi connectivity index (χ4v) is 3.36. The number of rotatable bonds is 8. The fraction of sp³-hybridized carbons (Fsp3) is 0.500. The number of imidazole rings is 1. The lowest BCUT2D eigenvalue weighted by Crippen LogP contribution is -2.42. The van der Waals surface area contributed by atoms with E-state index in [2.05, 4.69) is 37.4 Å². The van der Waals surface area contributed by atoms with Crippen LogP contribution in [0, 0.1) is 16.5 Å². The van der Waals surface area contributed by atoms with Crippen LogP contribution in [-0.2, 0) is 14.3 Å². The fourth-order valence-electron chi connectivity index (χ4n) is 3.12. The van der Waals surface area contributed by atoms with Gasteiger partial charge in [0.2, 0.25) is 11.9 Å². The van der Waals surface area contributed by atoms with E-state index < -0.39 is 55.5 Å². The third-order valence-electron chi connectivity index (χ3n) is 4.79. The van der Waals surface area contributed by atoms with Gasteiger partial charge in [0.1, 0.15) is 29.5 Å². The molecular formula is C18H23N7O7S. The molecule has 14 nitrogen and oxygen atoms in total. The van der Waals surface area contributed by atoms with Crippen LogP contribution in [0.2, 0.25) is 0 Å². The lowest BCUT2D eigenvalue weighted by atomic mass is 10.1. The van der Waals surface area contributed by atoms with E-state index in [1.54, 1.807) is 0 Å². The topological polar surface area (TPSA) is 221 Å². The van der Waals surface area contributed by atoms with Crippen molar-refractivity contribution in [2.75, 3.05) is 25.0 Å². The molecule has 0 radical (unpaired) electrons. The van der Waals surface area contributed by atoms with Gasteiger partial charge < -0.3 is 46.5 Å². The third-order valence-corrected chi connectivity index (χ3v) is 5.07. The number of hydrogen-bond acceptors (Lipinski definition) is 11. The van der Waals surface area contributed by atoms with Crippen molar-refractivity contribution in [1.29, 1.82) is 0 Å². The molecule has 15 heteroatoms. The molecule has 1 amide bonds. The van der Waals surface area contributed by atoms with E-state index in [1.807, 2.05) is 0 Å². The molecule has 2 aromatic rings. The number of carbonyl (C=O) groups excluding carboxylic acids is 1. The number of fused-ring (bicyclic) bond motifs is 1. The second-order valence-corrected chi connectivity index (χ2v) is 7.48. The SMILES string of the molecule is NC(CC(=O)O)C(=O)NCC#CCNc1nc(=S)c2ncn([C@@H]3O[C@H](CO)C(O)C3O)c2[nH]1. The minimum absolute atomic E-state index is 0.0195. The first-order valence-corrected chi connectivity index (χ1v) is 10.2. The number of aliphatic hydroxyl groups excluding tert-OH is 3. The lowest BCUT2D eigenvalue weighted by Gasteiger charge is -2.17. The van der Waals surface area contributed by atoms with Crippen molar-refractivity contribution >= 4 is 41.2 Å². The monoisotopic (exact) mass is 481 g/mol. The minimum Gasteiger partial charge on any atom is -0.481 e.